The molecule has 0 radical (unpaired) electrons. The molecule has 0 unspecified atom stereocenters. The second-order valence-electron chi connectivity index (χ2n) is 3.02. The molecule has 3 heteroatoms. The second kappa shape index (κ2) is 4.15. The zero-order chi connectivity index (χ0) is 9.80. The summed E-state index contributed by atoms with van der Waals surface area (Å²) in [6.45, 7) is 2.10. The molecule has 0 saturated carbocycles. The van der Waals surface area contributed by atoms with Crippen molar-refractivity contribution in [1.82, 2.24) is 9.59 Å². The number of nitrogens with zero attached hydrogens (tertiary/aromatic N) is 2. The summed E-state index contributed by atoms with van der Waals surface area (Å²) in [5.74, 6) is 0. The Bertz CT molecular complexity index is 432. The van der Waals surface area contributed by atoms with Gasteiger partial charge in [-0.15, -0.1) is 5.10 Å². The van der Waals surface area contributed by atoms with Crippen LogP contribution in [0.2, 0.25) is 0 Å². The highest BCUT2D eigenvalue weighted by atomic mass is 32.1. The zero-order valence-corrected chi connectivity index (χ0v) is 8.66. The van der Waals surface area contributed by atoms with E-state index in [0.717, 1.165) is 5.69 Å². The number of hydrogen-bond acceptors (Lipinski definition) is 3. The van der Waals surface area contributed by atoms with Crippen LogP contribution in [0.1, 0.15) is 16.8 Å². The van der Waals surface area contributed by atoms with Gasteiger partial charge in [-0.3, -0.25) is 0 Å². The van der Waals surface area contributed by atoms with Crippen molar-refractivity contribution in [2.45, 2.75) is 6.92 Å². The molecule has 1 aromatic carbocycles. The molecule has 0 bridgehead atoms. The molecule has 2 aromatic rings. The van der Waals surface area contributed by atoms with Crippen LogP contribution in [0.3, 0.4) is 0 Å². The monoisotopic (exact) mass is 202 g/mol. The fourth-order valence-corrected chi connectivity index (χ4v) is 1.62. The summed E-state index contributed by atoms with van der Waals surface area (Å²) in [7, 11) is 0. The SMILES string of the molecule is Cc1ccccc1/C=C\c1csnn1. The third kappa shape index (κ3) is 2.06. The van der Waals surface area contributed by atoms with Crippen LogP contribution < -0.4 is 0 Å². The van der Waals surface area contributed by atoms with Crippen LogP contribution in [0.5, 0.6) is 0 Å². The van der Waals surface area contributed by atoms with E-state index in [1.54, 1.807) is 0 Å². The van der Waals surface area contributed by atoms with Gasteiger partial charge in [-0.25, -0.2) is 0 Å². The minimum Gasteiger partial charge on any atom is -0.139 e. The molecule has 0 atom stereocenters. The first kappa shape index (κ1) is 9.09. The Balaban J connectivity index is 2.23. The van der Waals surface area contributed by atoms with Gasteiger partial charge in [-0.2, -0.15) is 0 Å². The Morgan fingerprint density at radius 2 is 2.07 bits per heavy atom. The number of benzene rings is 1. The largest absolute Gasteiger partial charge is 0.139 e. The van der Waals surface area contributed by atoms with E-state index in [1.165, 1.54) is 22.7 Å². The Morgan fingerprint density at radius 1 is 1.21 bits per heavy atom. The fourth-order valence-electron chi connectivity index (χ4n) is 1.19. The molecule has 0 amide bonds. The first-order valence-corrected chi connectivity index (χ1v) is 5.21. The first-order chi connectivity index (χ1) is 6.86. The van der Waals surface area contributed by atoms with Crippen molar-refractivity contribution in [2.24, 2.45) is 0 Å². The van der Waals surface area contributed by atoms with Crippen LogP contribution >= 0.6 is 11.5 Å². The molecule has 0 saturated heterocycles. The summed E-state index contributed by atoms with van der Waals surface area (Å²) < 4.78 is 3.80. The molecule has 0 spiro atoms. The lowest BCUT2D eigenvalue weighted by Crippen LogP contribution is -1.78. The van der Waals surface area contributed by atoms with E-state index < -0.39 is 0 Å². The molecular formula is C11H10N2S. The van der Waals surface area contributed by atoms with Crippen molar-refractivity contribution in [2.75, 3.05) is 0 Å². The van der Waals surface area contributed by atoms with Gasteiger partial charge in [0, 0.05) is 5.38 Å². The van der Waals surface area contributed by atoms with Crippen molar-refractivity contribution < 1.29 is 0 Å². The van der Waals surface area contributed by atoms with Gasteiger partial charge in [-0.1, -0.05) is 34.8 Å². The minimum atomic E-state index is 0.915. The fraction of sp³-hybridized carbons (Fsp3) is 0.0909. The highest BCUT2D eigenvalue weighted by Gasteiger charge is 1.92. The number of aromatic nitrogens is 2. The summed E-state index contributed by atoms with van der Waals surface area (Å²) >= 11 is 1.37. The van der Waals surface area contributed by atoms with E-state index in [4.69, 9.17) is 0 Å². The average Bonchev–Trinajstić information content (AvgIpc) is 2.69. The zero-order valence-electron chi connectivity index (χ0n) is 7.84. The molecule has 0 fully saturated rings. The Morgan fingerprint density at radius 3 is 2.79 bits per heavy atom. The van der Waals surface area contributed by atoms with Gasteiger partial charge in [0.1, 0.15) is 0 Å². The molecule has 0 aliphatic heterocycles. The summed E-state index contributed by atoms with van der Waals surface area (Å²) in [5, 5.41) is 5.87. The maximum Gasteiger partial charge on any atom is 0.0982 e. The minimum absolute atomic E-state index is 0.915. The Hall–Kier alpha value is -1.48. The smallest absolute Gasteiger partial charge is 0.0982 e. The maximum atomic E-state index is 3.94. The van der Waals surface area contributed by atoms with E-state index in [2.05, 4.69) is 34.7 Å². The van der Waals surface area contributed by atoms with Crippen LogP contribution in [-0.4, -0.2) is 9.59 Å². The third-order valence-electron chi connectivity index (χ3n) is 2.00. The van der Waals surface area contributed by atoms with Crippen LogP contribution in [-0.2, 0) is 0 Å². The lowest BCUT2D eigenvalue weighted by atomic mass is 10.1. The van der Waals surface area contributed by atoms with Crippen molar-refractivity contribution in [3.05, 3.63) is 46.5 Å². The van der Waals surface area contributed by atoms with E-state index in [9.17, 15) is 0 Å². The maximum absolute atomic E-state index is 3.94. The topological polar surface area (TPSA) is 25.8 Å². The van der Waals surface area contributed by atoms with Crippen molar-refractivity contribution in [3.63, 3.8) is 0 Å². The third-order valence-corrected chi connectivity index (χ3v) is 2.52. The number of hydrogen-bond donors (Lipinski definition) is 0. The summed E-state index contributed by atoms with van der Waals surface area (Å²) in [6.07, 6.45) is 4.04. The van der Waals surface area contributed by atoms with Gasteiger partial charge in [0.2, 0.25) is 0 Å². The predicted octanol–water partition coefficient (Wildman–Crippen LogP) is 3.02. The van der Waals surface area contributed by atoms with Crippen LogP contribution in [0.15, 0.2) is 29.6 Å². The van der Waals surface area contributed by atoms with Crippen molar-refractivity contribution in [3.8, 4) is 0 Å². The Kier molecular flexibility index (Phi) is 2.70. The van der Waals surface area contributed by atoms with Crippen LogP contribution in [0.4, 0.5) is 0 Å². The van der Waals surface area contributed by atoms with Crippen molar-refractivity contribution in [1.29, 1.82) is 0 Å². The highest BCUT2D eigenvalue weighted by Crippen LogP contribution is 2.11. The van der Waals surface area contributed by atoms with Crippen LogP contribution in [0.25, 0.3) is 12.2 Å². The van der Waals surface area contributed by atoms with Gasteiger partial charge in [0.25, 0.3) is 0 Å². The van der Waals surface area contributed by atoms with E-state index in [-0.39, 0.29) is 0 Å². The molecule has 2 nitrogen and oxygen atoms in total. The quantitative estimate of drug-likeness (QED) is 0.748. The molecular weight excluding hydrogens is 192 g/mol. The van der Waals surface area contributed by atoms with E-state index in [0.29, 0.717) is 0 Å². The van der Waals surface area contributed by atoms with Gasteiger partial charge < -0.3 is 0 Å². The van der Waals surface area contributed by atoms with Gasteiger partial charge in [0.05, 0.1) is 5.69 Å². The standard InChI is InChI=1S/C11H10N2S/c1-9-4-2-3-5-10(9)6-7-11-8-14-13-12-11/h2-8H,1H3/b7-6-. The normalized spacial score (nSPS) is 10.9. The number of aryl methyl sites for hydroxylation is 1. The highest BCUT2D eigenvalue weighted by molar-refractivity contribution is 7.03. The van der Waals surface area contributed by atoms with Gasteiger partial charge in [0.15, 0.2) is 0 Å². The number of rotatable bonds is 2. The van der Waals surface area contributed by atoms with E-state index in [1.807, 2.05) is 23.6 Å². The lowest BCUT2D eigenvalue weighted by molar-refractivity contribution is 1.14. The molecule has 2 rings (SSSR count). The molecule has 1 heterocycles. The average molecular weight is 202 g/mol. The summed E-state index contributed by atoms with van der Waals surface area (Å²) in [6, 6.07) is 8.26. The van der Waals surface area contributed by atoms with Gasteiger partial charge >= 0.3 is 0 Å². The Labute approximate surface area is 87.1 Å². The lowest BCUT2D eigenvalue weighted by Gasteiger charge is -1.96. The molecule has 0 aliphatic carbocycles. The molecule has 0 aliphatic rings. The first-order valence-electron chi connectivity index (χ1n) is 4.37. The second-order valence-corrected chi connectivity index (χ2v) is 3.63. The molecule has 0 N–H and O–H groups in total. The van der Waals surface area contributed by atoms with Crippen LogP contribution in [0, 0.1) is 6.92 Å². The predicted molar refractivity (Wildman–Crippen MR) is 60.0 cm³/mol. The summed E-state index contributed by atoms with van der Waals surface area (Å²) in [4.78, 5) is 0. The van der Waals surface area contributed by atoms with E-state index >= 15 is 0 Å². The van der Waals surface area contributed by atoms with Gasteiger partial charge in [-0.05, 0) is 35.7 Å². The molecule has 1 aromatic heterocycles. The summed E-state index contributed by atoms with van der Waals surface area (Å²) in [5.41, 5.74) is 3.41. The molecule has 14 heavy (non-hydrogen) atoms. The van der Waals surface area contributed by atoms with Crippen molar-refractivity contribution >= 4 is 23.7 Å². The molecule has 70 valence electrons.